The van der Waals surface area contributed by atoms with E-state index >= 15 is 0 Å². The van der Waals surface area contributed by atoms with E-state index in [-0.39, 0.29) is 104 Å². The van der Waals surface area contributed by atoms with E-state index in [1.54, 1.807) is 0 Å². The van der Waals surface area contributed by atoms with Crippen LogP contribution in [0.4, 0.5) is 0 Å². The molecule has 13 nitrogen and oxygen atoms in total. The van der Waals surface area contributed by atoms with Crippen LogP contribution in [-0.4, -0.2) is 92.8 Å². The van der Waals surface area contributed by atoms with E-state index in [1.165, 1.54) is 0 Å². The van der Waals surface area contributed by atoms with Crippen molar-refractivity contribution in [3.05, 3.63) is 0 Å². The molecule has 0 spiro atoms. The quantitative estimate of drug-likeness (QED) is 0.0707. The Balaban J connectivity index is -0.000000148. The Morgan fingerprint density at radius 2 is 0.975 bits per heavy atom. The first-order valence-corrected chi connectivity index (χ1v) is 18.6. The molecule has 0 aliphatic carbocycles. The Morgan fingerprint density at radius 3 is 1.20 bits per heavy atom. The predicted molar refractivity (Wildman–Crippen MR) is 159 cm³/mol. The van der Waals surface area contributed by atoms with Crippen LogP contribution < -0.4 is 0 Å². The van der Waals surface area contributed by atoms with Crippen LogP contribution in [0.25, 0.3) is 0 Å². The van der Waals surface area contributed by atoms with Crippen molar-refractivity contribution >= 4 is 104 Å². The average Bonchev–Trinajstić information content (AvgIpc) is 2.71. The van der Waals surface area contributed by atoms with Crippen molar-refractivity contribution in [3.63, 3.8) is 0 Å². The molecule has 0 rings (SSSR count). The molecule has 0 aromatic rings. The summed E-state index contributed by atoms with van der Waals surface area (Å²) in [7, 11) is -14.5. The monoisotopic (exact) mass is 874 g/mol. The van der Waals surface area contributed by atoms with Gasteiger partial charge in [-0.1, -0.05) is 0 Å². The fraction of sp³-hybridized carbons (Fsp3) is 1.00. The number of phosphoric ester groups is 1. The minimum atomic E-state index is -5.23. The van der Waals surface area contributed by atoms with E-state index in [9.17, 15) is 18.6 Å². The van der Waals surface area contributed by atoms with Gasteiger partial charge in [0.15, 0.2) is 0 Å². The molecule has 1 unspecified atom stereocenters. The van der Waals surface area contributed by atoms with Crippen LogP contribution in [0.2, 0.25) is 0 Å². The van der Waals surface area contributed by atoms with Gasteiger partial charge in [-0.05, 0) is 44.4 Å². The maximum absolute atomic E-state index is 12.0. The summed E-state index contributed by atoms with van der Waals surface area (Å²) in [5.41, 5.74) is -1.34. The summed E-state index contributed by atoms with van der Waals surface area (Å²) in [5, 5.41) is -1.25. The molecule has 0 saturated heterocycles. The van der Waals surface area contributed by atoms with Crippen LogP contribution in [0.5, 0.6) is 0 Å². The molecule has 0 aliphatic rings. The van der Waals surface area contributed by atoms with Crippen molar-refractivity contribution < 1.29 is 84.5 Å². The van der Waals surface area contributed by atoms with Gasteiger partial charge in [-0.15, -0.1) is 81.2 Å². The van der Waals surface area contributed by atoms with Gasteiger partial charge in [-0.2, -0.15) is 4.31 Å². The van der Waals surface area contributed by atoms with Gasteiger partial charge in [0.2, 0.25) is 0 Å². The molecule has 0 fully saturated rings. The van der Waals surface area contributed by atoms with Crippen molar-refractivity contribution in [3.8, 4) is 0 Å². The summed E-state index contributed by atoms with van der Waals surface area (Å²) >= 11 is 39.6. The Hall–Kier alpha value is 3.01. The third kappa shape index (κ3) is 21.7. The molecule has 40 heavy (non-hydrogen) atoms. The van der Waals surface area contributed by atoms with Crippen molar-refractivity contribution in [2.75, 3.05) is 41.2 Å². The molecule has 250 valence electrons. The Morgan fingerprint density at radius 1 is 0.625 bits per heavy atom. The molecule has 11 N–H and O–H groups in total. The van der Waals surface area contributed by atoms with Crippen LogP contribution >= 0.6 is 104 Å². The minimum Gasteiger partial charge on any atom is -0.412 e. The maximum Gasteiger partial charge on any atom is 0.481 e. The molecule has 1 atom stereocenters. The molecular formula is C16H38Cl7MoO13P3. The first-order chi connectivity index (χ1) is 16.5. The SMILES string of the molecule is O.O.O.O=P(O)(O)C(CCl)(CCCl)CCCl.O=P(O)(O)OP(=O)(O)OC(CCCl)(CCCl)C(CCCl)CCCl.[Mo]. The number of halogens is 7. The smallest absolute Gasteiger partial charge is 0.412 e. The van der Waals surface area contributed by atoms with Crippen LogP contribution in [0.1, 0.15) is 38.5 Å². The van der Waals surface area contributed by atoms with Crippen molar-refractivity contribution in [1.82, 2.24) is 0 Å². The minimum absolute atomic E-state index is 0. The largest absolute Gasteiger partial charge is 0.481 e. The molecule has 24 heteroatoms. The standard InChI is InChI=1S/C10H20Cl4O7P2.C6H12Cl3O3P.Mo.3H2O/c11-5-1-9(2-6-12)10(3-7-13,4-8-14)20-23(18,19)21-22(15,16)17;7-3-1-6(5-9,2-4-8)13(10,11)12;;;;/h9H,1-8H2,(H,18,19)(H2,15,16,17);1-5H2,(H2,10,11,12);;3*1H2. The first-order valence-electron chi connectivity index (χ1n) is 10.3. The topological polar surface area (TPSA) is 265 Å². The maximum atomic E-state index is 12.0. The summed E-state index contributed by atoms with van der Waals surface area (Å²) in [6, 6.07) is 0. The normalized spacial score (nSPS) is 13.4. The number of rotatable bonds is 19. The first kappa shape index (κ1) is 55.4. The number of alkyl halides is 7. The zero-order chi connectivity index (χ0) is 28.7. The molecule has 0 aromatic heterocycles. The Labute approximate surface area is 283 Å². The zero-order valence-corrected chi connectivity index (χ0v) is 30.9. The summed E-state index contributed by atoms with van der Waals surface area (Å²) in [6.07, 6.45) is 1.34. The van der Waals surface area contributed by atoms with Crippen molar-refractivity contribution in [2.45, 2.75) is 49.3 Å². The summed E-state index contributed by atoms with van der Waals surface area (Å²) in [5.74, 6) is 0.386. The summed E-state index contributed by atoms with van der Waals surface area (Å²) < 4.78 is 43.0. The Kier molecular flexibility index (Phi) is 37.6. The van der Waals surface area contributed by atoms with Gasteiger partial charge in [0.1, 0.15) is 0 Å². The molecule has 0 aliphatic heterocycles. The van der Waals surface area contributed by atoms with Crippen molar-refractivity contribution in [2.24, 2.45) is 5.92 Å². The molecular weight excluding hydrogens is 837 g/mol. The van der Waals surface area contributed by atoms with Gasteiger partial charge < -0.3 is 40.9 Å². The fourth-order valence-corrected chi connectivity index (χ4v) is 9.16. The molecule has 0 bridgehead atoms. The van der Waals surface area contributed by atoms with Gasteiger partial charge in [0.05, 0.1) is 10.8 Å². The second-order valence-electron chi connectivity index (χ2n) is 7.51. The number of phosphoric acid groups is 2. The van der Waals surface area contributed by atoms with E-state index in [4.69, 9.17) is 105 Å². The molecule has 0 radical (unpaired) electrons. The molecule has 0 amide bonds. The van der Waals surface area contributed by atoms with Crippen LogP contribution in [-0.2, 0) is 43.6 Å². The van der Waals surface area contributed by atoms with Gasteiger partial charge in [0, 0.05) is 62.2 Å². The van der Waals surface area contributed by atoms with Gasteiger partial charge in [-0.3, -0.25) is 9.09 Å². The fourth-order valence-electron chi connectivity index (χ4n) is 3.31. The summed E-state index contributed by atoms with van der Waals surface area (Å²) in [4.78, 5) is 45.4. The second-order valence-corrected chi connectivity index (χ2v) is 14.8. The molecule has 0 aromatic carbocycles. The van der Waals surface area contributed by atoms with E-state index in [1.807, 2.05) is 0 Å². The zero-order valence-electron chi connectivity index (χ0n) is 20.9. The van der Waals surface area contributed by atoms with E-state index in [0.717, 1.165) is 0 Å². The molecule has 0 saturated carbocycles. The van der Waals surface area contributed by atoms with E-state index < -0.39 is 39.9 Å². The van der Waals surface area contributed by atoms with E-state index in [0.29, 0.717) is 12.8 Å². The average molecular weight is 875 g/mol. The Bertz CT molecular complexity index is 733. The van der Waals surface area contributed by atoms with Crippen LogP contribution in [0, 0.1) is 5.92 Å². The van der Waals surface area contributed by atoms with E-state index in [2.05, 4.69) is 4.31 Å². The second kappa shape index (κ2) is 27.2. The van der Waals surface area contributed by atoms with Crippen LogP contribution in [0.15, 0.2) is 0 Å². The molecule has 0 heterocycles. The third-order valence-corrected chi connectivity index (χ3v) is 11.2. The van der Waals surface area contributed by atoms with Gasteiger partial charge in [-0.25, -0.2) is 9.13 Å². The number of hydrogen-bond donors (Lipinski definition) is 5. The predicted octanol–water partition coefficient (Wildman–Crippen LogP) is 4.01. The van der Waals surface area contributed by atoms with Gasteiger partial charge in [0.25, 0.3) is 0 Å². The third-order valence-electron chi connectivity index (χ3n) is 5.19. The van der Waals surface area contributed by atoms with Crippen LogP contribution in [0.3, 0.4) is 0 Å². The van der Waals surface area contributed by atoms with Gasteiger partial charge >= 0.3 is 23.2 Å². The summed E-state index contributed by atoms with van der Waals surface area (Å²) in [6.45, 7) is 0. The number of hydrogen-bond acceptors (Lipinski definition) is 5. The van der Waals surface area contributed by atoms with Crippen molar-refractivity contribution in [1.29, 1.82) is 0 Å².